The van der Waals surface area contributed by atoms with E-state index >= 15 is 8.78 Å². The molecule has 228 valence electrons. The van der Waals surface area contributed by atoms with Gasteiger partial charge in [-0.15, -0.1) is 0 Å². The average Bonchev–Trinajstić information content (AvgIpc) is 3.62. The number of nitrogens with zero attached hydrogens (tertiary/aromatic N) is 7. The van der Waals surface area contributed by atoms with Crippen LogP contribution in [0.15, 0.2) is 60.1 Å². The van der Waals surface area contributed by atoms with E-state index in [0.29, 0.717) is 23.6 Å². The van der Waals surface area contributed by atoms with Crippen molar-refractivity contribution in [3.8, 4) is 34.7 Å². The average molecular weight is 639 g/mol. The monoisotopic (exact) mass is 638 g/mol. The fourth-order valence-electron chi connectivity index (χ4n) is 4.27. The molecule has 4 aromatic heterocycles. The van der Waals surface area contributed by atoms with E-state index in [2.05, 4.69) is 44.4 Å². The molecule has 1 N–H and O–H groups in total. The third-order valence-electron chi connectivity index (χ3n) is 6.58. The van der Waals surface area contributed by atoms with Gasteiger partial charge in [-0.3, -0.25) is 4.72 Å². The van der Waals surface area contributed by atoms with E-state index in [1.54, 1.807) is 24.5 Å². The maximum Gasteiger partial charge on any atom is 0.267 e. The highest BCUT2D eigenvalue weighted by molar-refractivity contribution is 7.92. The molecule has 0 bridgehead atoms. The second-order valence-electron chi connectivity index (χ2n) is 10.9. The van der Waals surface area contributed by atoms with Gasteiger partial charge in [0.25, 0.3) is 10.0 Å². The summed E-state index contributed by atoms with van der Waals surface area (Å²) in [6.07, 6.45) is 5.93. The quantitative estimate of drug-likeness (QED) is 0.157. The lowest BCUT2D eigenvalue weighted by Crippen LogP contribution is -2.22. The van der Waals surface area contributed by atoms with Crippen molar-refractivity contribution < 1.29 is 26.7 Å². The second-order valence-corrected chi connectivity index (χ2v) is 18.2. The number of hydrogen-bond donors (Lipinski definition) is 1. The fourth-order valence-corrected chi connectivity index (χ4v) is 6.24. The Morgan fingerprint density at radius 3 is 2.64 bits per heavy atom. The lowest BCUT2D eigenvalue weighted by atomic mass is 10.1. The molecule has 0 aliphatic heterocycles. The molecule has 0 atom stereocenters. The van der Waals surface area contributed by atoms with Crippen molar-refractivity contribution in [2.24, 2.45) is 0 Å². The molecule has 0 aliphatic carbocycles. The van der Waals surface area contributed by atoms with Crippen LogP contribution in [0.25, 0.3) is 28.3 Å². The zero-order chi connectivity index (χ0) is 31.6. The third-order valence-corrected chi connectivity index (χ3v) is 9.64. The number of nitriles is 1. The van der Waals surface area contributed by atoms with Crippen molar-refractivity contribution in [2.45, 2.75) is 37.3 Å². The summed E-state index contributed by atoms with van der Waals surface area (Å²) in [6.45, 7) is 7.74. The van der Waals surface area contributed by atoms with E-state index in [9.17, 15) is 8.42 Å². The number of nitrogens with one attached hydrogen (secondary N) is 1. The molecule has 0 spiro atoms. The minimum atomic E-state index is -4.50. The van der Waals surface area contributed by atoms with Crippen molar-refractivity contribution in [3.63, 3.8) is 0 Å². The number of fused-ring (bicyclic) bond motifs is 1. The van der Waals surface area contributed by atoms with Gasteiger partial charge in [0.2, 0.25) is 5.88 Å². The van der Waals surface area contributed by atoms with Gasteiger partial charge >= 0.3 is 0 Å². The van der Waals surface area contributed by atoms with Crippen molar-refractivity contribution >= 4 is 29.3 Å². The Kier molecular flexibility index (Phi) is 8.46. The molecule has 12 nitrogen and oxygen atoms in total. The second kappa shape index (κ2) is 12.1. The number of aromatic nitrogens is 6. The van der Waals surface area contributed by atoms with E-state index in [4.69, 9.17) is 14.7 Å². The van der Waals surface area contributed by atoms with Gasteiger partial charge in [-0.2, -0.15) is 10.4 Å². The van der Waals surface area contributed by atoms with Gasteiger partial charge in [0, 0.05) is 33.3 Å². The first kappa shape index (κ1) is 30.7. The zero-order valence-electron chi connectivity index (χ0n) is 24.2. The van der Waals surface area contributed by atoms with Crippen LogP contribution in [-0.4, -0.2) is 59.3 Å². The molecule has 0 saturated heterocycles. The zero-order valence-corrected chi connectivity index (χ0v) is 26.1. The number of methoxy groups -OCH3 is 1. The molecule has 16 heteroatoms. The van der Waals surface area contributed by atoms with Crippen LogP contribution < -0.4 is 9.46 Å². The number of pyridine rings is 1. The van der Waals surface area contributed by atoms with Crippen LogP contribution in [0.1, 0.15) is 5.56 Å². The first-order chi connectivity index (χ1) is 20.9. The minimum absolute atomic E-state index is 0.0549. The van der Waals surface area contributed by atoms with Crippen LogP contribution in [0, 0.1) is 23.0 Å². The summed E-state index contributed by atoms with van der Waals surface area (Å²) < 4.78 is 73.2. The summed E-state index contributed by atoms with van der Waals surface area (Å²) in [4.78, 5) is 12.2. The molecular formula is C28H28F2N8O4SSi. The number of halogens is 2. The van der Waals surface area contributed by atoms with E-state index in [1.807, 2.05) is 4.57 Å². The number of benzene rings is 1. The topological polar surface area (TPSA) is 149 Å². The smallest absolute Gasteiger partial charge is 0.267 e. The van der Waals surface area contributed by atoms with Crippen molar-refractivity contribution in [1.82, 2.24) is 29.1 Å². The molecule has 0 saturated carbocycles. The predicted molar refractivity (Wildman–Crippen MR) is 160 cm³/mol. The van der Waals surface area contributed by atoms with Gasteiger partial charge in [0.05, 0.1) is 35.1 Å². The van der Waals surface area contributed by atoms with Gasteiger partial charge in [-0.25, -0.2) is 36.7 Å². The minimum Gasteiger partial charge on any atom is -0.480 e. The lowest BCUT2D eigenvalue weighted by Gasteiger charge is -2.16. The highest BCUT2D eigenvalue weighted by Gasteiger charge is 2.26. The summed E-state index contributed by atoms with van der Waals surface area (Å²) in [7, 11) is -4.55. The van der Waals surface area contributed by atoms with Crippen molar-refractivity contribution in [2.75, 3.05) is 18.4 Å². The van der Waals surface area contributed by atoms with Crippen LogP contribution >= 0.6 is 0 Å². The SMILES string of the molecule is COc1ncc(C#N)cc1S(=O)(=O)Nc1ccc(F)c(-c2ccc3c(-c4nccn4COCC[Si](C)(C)C)ncn3n2)c1F. The Morgan fingerprint density at radius 2 is 1.91 bits per heavy atom. The Balaban J connectivity index is 1.45. The van der Waals surface area contributed by atoms with E-state index in [-0.39, 0.29) is 23.9 Å². The largest absolute Gasteiger partial charge is 0.480 e. The first-order valence-corrected chi connectivity index (χ1v) is 18.5. The lowest BCUT2D eigenvalue weighted by molar-refractivity contribution is 0.0882. The predicted octanol–water partition coefficient (Wildman–Crippen LogP) is 4.93. The standard InChI is InChI=1S/C28H28F2N8O4SSi/c1-41-28-23(13-18(14-31)15-33-28)43(39,40)36-21-6-5-19(29)24(25(21)30)20-7-8-22-26(34-16-38(22)35-20)27-32-9-10-37(27)17-42-11-12-44(2,3)4/h5-10,13,15-16,36H,11-12,17H2,1-4H3. The number of rotatable bonds is 11. The molecule has 0 radical (unpaired) electrons. The van der Waals surface area contributed by atoms with Crippen LogP contribution in [0.3, 0.4) is 0 Å². The maximum absolute atomic E-state index is 15.7. The van der Waals surface area contributed by atoms with Gasteiger partial charge < -0.3 is 14.0 Å². The molecule has 0 unspecified atom stereocenters. The van der Waals surface area contributed by atoms with Crippen LogP contribution in [0.5, 0.6) is 5.88 Å². The Labute approximate surface area is 253 Å². The molecule has 0 amide bonds. The van der Waals surface area contributed by atoms with E-state index in [1.165, 1.54) is 24.0 Å². The summed E-state index contributed by atoms with van der Waals surface area (Å²) in [5.74, 6) is -1.93. The molecular weight excluding hydrogens is 611 g/mol. The van der Waals surface area contributed by atoms with Crippen molar-refractivity contribution in [3.05, 3.63) is 72.4 Å². The van der Waals surface area contributed by atoms with Crippen LogP contribution in [0.2, 0.25) is 25.7 Å². The number of ether oxygens (including phenoxy) is 2. The van der Waals surface area contributed by atoms with Crippen LogP contribution in [0.4, 0.5) is 14.5 Å². The van der Waals surface area contributed by atoms with E-state index < -0.39 is 45.9 Å². The Morgan fingerprint density at radius 1 is 1.11 bits per heavy atom. The highest BCUT2D eigenvalue weighted by atomic mass is 32.2. The van der Waals surface area contributed by atoms with Gasteiger partial charge in [0.15, 0.2) is 16.5 Å². The van der Waals surface area contributed by atoms with Gasteiger partial charge in [-0.1, -0.05) is 19.6 Å². The summed E-state index contributed by atoms with van der Waals surface area (Å²) in [6, 6.07) is 8.70. The third kappa shape index (κ3) is 6.30. The summed E-state index contributed by atoms with van der Waals surface area (Å²) >= 11 is 0. The Hall–Kier alpha value is -4.72. The number of hydrogen-bond acceptors (Lipinski definition) is 9. The molecule has 4 heterocycles. The van der Waals surface area contributed by atoms with Gasteiger partial charge in [-0.05, 0) is 36.4 Å². The normalized spacial score (nSPS) is 11.9. The highest BCUT2D eigenvalue weighted by Crippen LogP contribution is 2.33. The fraction of sp³-hybridized carbons (Fsp3) is 0.250. The molecule has 5 rings (SSSR count). The first-order valence-electron chi connectivity index (χ1n) is 13.3. The molecule has 1 aromatic carbocycles. The summed E-state index contributed by atoms with van der Waals surface area (Å²) in [5.41, 5.74) is -0.252. The number of anilines is 1. The van der Waals surface area contributed by atoms with Crippen LogP contribution in [-0.2, 0) is 21.5 Å². The molecule has 0 aliphatic rings. The van der Waals surface area contributed by atoms with E-state index in [0.717, 1.165) is 30.4 Å². The number of imidazole rings is 2. The maximum atomic E-state index is 15.7. The number of sulfonamides is 1. The Bertz CT molecular complexity index is 2000. The molecule has 44 heavy (non-hydrogen) atoms. The summed E-state index contributed by atoms with van der Waals surface area (Å²) in [5, 5.41) is 13.5. The molecule has 0 fully saturated rings. The molecule has 5 aromatic rings. The van der Waals surface area contributed by atoms with Crippen molar-refractivity contribution in [1.29, 1.82) is 5.26 Å². The van der Waals surface area contributed by atoms with Gasteiger partial charge in [0.1, 0.15) is 30.6 Å².